The summed E-state index contributed by atoms with van der Waals surface area (Å²) in [4.78, 5) is 15.3. The van der Waals surface area contributed by atoms with Crippen LogP contribution in [0.15, 0.2) is 46.3 Å². The summed E-state index contributed by atoms with van der Waals surface area (Å²) in [6, 6.07) is 12.2. The van der Waals surface area contributed by atoms with E-state index in [1.54, 1.807) is 11.3 Å². The number of carbonyl (C=O) groups excluding carboxylic acids is 1. The van der Waals surface area contributed by atoms with Gasteiger partial charge in [0.15, 0.2) is 0 Å². The largest absolute Gasteiger partial charge is 0.350 e. The minimum atomic E-state index is 0.0669. The summed E-state index contributed by atoms with van der Waals surface area (Å²) in [5.41, 5.74) is 1.20. The molecular weight excluding hydrogens is 348 g/mol. The molecule has 2 aromatic rings. The Morgan fingerprint density at radius 1 is 1.29 bits per heavy atom. The molecule has 112 valence electrons. The summed E-state index contributed by atoms with van der Waals surface area (Å²) < 4.78 is 1.09. The predicted molar refractivity (Wildman–Crippen MR) is 91.3 cm³/mol. The second-order valence-corrected chi connectivity index (χ2v) is 6.64. The molecule has 0 atom stereocenters. The number of amides is 1. The van der Waals surface area contributed by atoms with Crippen molar-refractivity contribution in [2.24, 2.45) is 0 Å². The Balaban J connectivity index is 1.84. The van der Waals surface area contributed by atoms with E-state index in [4.69, 9.17) is 0 Å². The topological polar surface area (TPSA) is 32.3 Å². The second-order valence-electron chi connectivity index (χ2n) is 4.75. The van der Waals surface area contributed by atoms with E-state index in [0.29, 0.717) is 13.1 Å². The maximum atomic E-state index is 12.0. The number of nitrogens with zero attached hydrogens (tertiary/aromatic N) is 1. The quantitative estimate of drug-likeness (QED) is 0.810. The fourth-order valence-electron chi connectivity index (χ4n) is 2.00. The van der Waals surface area contributed by atoms with Gasteiger partial charge >= 0.3 is 0 Å². The fraction of sp³-hybridized carbons (Fsp3) is 0.312. The molecule has 1 aromatic carbocycles. The first kappa shape index (κ1) is 16.2. The van der Waals surface area contributed by atoms with Crippen LogP contribution in [0.1, 0.15) is 17.4 Å². The number of likely N-dealkylation sites (N-methyl/N-ethyl adjacent to an activating group) is 1. The molecule has 5 heteroatoms. The lowest BCUT2D eigenvalue weighted by Gasteiger charge is -2.20. The number of hydrogen-bond acceptors (Lipinski definition) is 3. The van der Waals surface area contributed by atoms with Crippen LogP contribution in [0.5, 0.6) is 0 Å². The molecule has 0 aliphatic heterocycles. The van der Waals surface area contributed by atoms with Crippen molar-refractivity contribution in [3.05, 3.63) is 56.7 Å². The van der Waals surface area contributed by atoms with Crippen LogP contribution in [-0.2, 0) is 17.9 Å². The maximum absolute atomic E-state index is 12.0. The Kier molecular flexibility index (Phi) is 6.42. The van der Waals surface area contributed by atoms with E-state index >= 15 is 0 Å². The van der Waals surface area contributed by atoms with Gasteiger partial charge in [0.05, 0.1) is 13.1 Å². The summed E-state index contributed by atoms with van der Waals surface area (Å²) in [6.45, 7) is 4.72. The average molecular weight is 367 g/mol. The zero-order chi connectivity index (χ0) is 15.1. The van der Waals surface area contributed by atoms with Gasteiger partial charge in [0.1, 0.15) is 0 Å². The highest BCUT2D eigenvalue weighted by Gasteiger charge is 2.11. The van der Waals surface area contributed by atoms with Crippen LogP contribution < -0.4 is 5.32 Å². The van der Waals surface area contributed by atoms with E-state index in [2.05, 4.69) is 39.1 Å². The van der Waals surface area contributed by atoms with E-state index < -0.39 is 0 Å². The number of rotatable bonds is 7. The van der Waals surface area contributed by atoms with E-state index in [1.165, 1.54) is 10.4 Å². The van der Waals surface area contributed by atoms with Crippen molar-refractivity contribution in [1.29, 1.82) is 0 Å². The van der Waals surface area contributed by atoms with Crippen molar-refractivity contribution in [2.75, 3.05) is 13.1 Å². The normalized spacial score (nSPS) is 10.8. The molecule has 3 nitrogen and oxygen atoms in total. The smallest absolute Gasteiger partial charge is 0.234 e. The highest BCUT2D eigenvalue weighted by molar-refractivity contribution is 9.10. The lowest BCUT2D eigenvalue weighted by molar-refractivity contribution is -0.122. The first-order valence-corrected chi connectivity index (χ1v) is 8.61. The summed E-state index contributed by atoms with van der Waals surface area (Å²) in [5.74, 6) is 0.0669. The van der Waals surface area contributed by atoms with Crippen molar-refractivity contribution in [3.8, 4) is 0 Å². The van der Waals surface area contributed by atoms with Crippen LogP contribution in [0.2, 0.25) is 0 Å². The van der Waals surface area contributed by atoms with Gasteiger partial charge in [-0.2, -0.15) is 0 Å². The molecule has 0 saturated carbocycles. The monoisotopic (exact) mass is 366 g/mol. The molecule has 0 radical (unpaired) electrons. The van der Waals surface area contributed by atoms with Crippen molar-refractivity contribution in [1.82, 2.24) is 10.2 Å². The van der Waals surface area contributed by atoms with Crippen molar-refractivity contribution in [3.63, 3.8) is 0 Å². The highest BCUT2D eigenvalue weighted by atomic mass is 79.9. The number of benzene rings is 1. The molecule has 0 bridgehead atoms. The molecule has 1 aromatic heterocycles. The average Bonchev–Trinajstić information content (AvgIpc) is 3.00. The second kappa shape index (κ2) is 8.32. The molecule has 2 rings (SSSR count). The minimum Gasteiger partial charge on any atom is -0.350 e. The molecule has 0 spiro atoms. The molecule has 0 aliphatic carbocycles. The first-order chi connectivity index (χ1) is 10.2. The van der Waals surface area contributed by atoms with Crippen LogP contribution in [0.25, 0.3) is 0 Å². The molecular formula is C16H19BrN2OS. The van der Waals surface area contributed by atoms with Crippen molar-refractivity contribution in [2.45, 2.75) is 20.0 Å². The zero-order valence-electron chi connectivity index (χ0n) is 12.0. The third-order valence-electron chi connectivity index (χ3n) is 3.21. The number of hydrogen-bond donors (Lipinski definition) is 1. The van der Waals surface area contributed by atoms with Crippen LogP contribution in [0.3, 0.4) is 0 Å². The standard InChI is InChI=1S/C16H19BrN2OS/c1-2-19(11-13-6-3-4-8-15(13)17)12-16(20)18-10-14-7-5-9-21-14/h3-9H,2,10-12H2,1H3,(H,18,20). The summed E-state index contributed by atoms with van der Waals surface area (Å²) >= 11 is 5.21. The molecule has 0 saturated heterocycles. The van der Waals surface area contributed by atoms with E-state index in [1.807, 2.05) is 35.7 Å². The van der Waals surface area contributed by atoms with Gasteiger partial charge in [0.25, 0.3) is 0 Å². The van der Waals surface area contributed by atoms with Crippen LogP contribution in [0, 0.1) is 0 Å². The van der Waals surface area contributed by atoms with Gasteiger partial charge in [-0.25, -0.2) is 0 Å². The molecule has 1 N–H and O–H groups in total. The summed E-state index contributed by atoms with van der Waals surface area (Å²) in [7, 11) is 0. The van der Waals surface area contributed by atoms with Gasteiger partial charge in [0.2, 0.25) is 5.91 Å². The Morgan fingerprint density at radius 3 is 2.76 bits per heavy atom. The van der Waals surface area contributed by atoms with Crippen LogP contribution in [-0.4, -0.2) is 23.9 Å². The van der Waals surface area contributed by atoms with Crippen LogP contribution in [0.4, 0.5) is 0 Å². The van der Waals surface area contributed by atoms with E-state index in [0.717, 1.165) is 17.6 Å². The van der Waals surface area contributed by atoms with Gasteiger partial charge in [-0.3, -0.25) is 9.69 Å². The number of thiophene rings is 1. The Bertz CT molecular complexity index is 571. The molecule has 1 amide bonds. The third kappa shape index (κ3) is 5.26. The van der Waals surface area contributed by atoms with Crippen molar-refractivity contribution < 1.29 is 4.79 Å². The number of halogens is 1. The minimum absolute atomic E-state index is 0.0669. The van der Waals surface area contributed by atoms with E-state index in [9.17, 15) is 4.79 Å². The van der Waals surface area contributed by atoms with Gasteiger partial charge in [-0.15, -0.1) is 11.3 Å². The van der Waals surface area contributed by atoms with E-state index in [-0.39, 0.29) is 5.91 Å². The summed E-state index contributed by atoms with van der Waals surface area (Å²) in [6.07, 6.45) is 0. The molecule has 0 aliphatic rings. The van der Waals surface area contributed by atoms with Crippen molar-refractivity contribution >= 4 is 33.2 Å². The molecule has 21 heavy (non-hydrogen) atoms. The predicted octanol–water partition coefficient (Wildman–Crippen LogP) is 3.65. The SMILES string of the molecule is CCN(CC(=O)NCc1cccs1)Cc1ccccc1Br. The Hall–Kier alpha value is -1.17. The van der Waals surface area contributed by atoms with Gasteiger partial charge in [0, 0.05) is 15.9 Å². The number of carbonyl (C=O) groups is 1. The van der Waals surface area contributed by atoms with Gasteiger partial charge in [-0.05, 0) is 29.6 Å². The maximum Gasteiger partial charge on any atom is 0.234 e. The molecule has 1 heterocycles. The first-order valence-electron chi connectivity index (χ1n) is 6.94. The highest BCUT2D eigenvalue weighted by Crippen LogP contribution is 2.17. The lowest BCUT2D eigenvalue weighted by atomic mass is 10.2. The number of nitrogens with one attached hydrogen (secondary N) is 1. The molecule has 0 fully saturated rings. The van der Waals surface area contributed by atoms with Crippen LogP contribution >= 0.6 is 27.3 Å². The fourth-order valence-corrected chi connectivity index (χ4v) is 3.06. The Morgan fingerprint density at radius 2 is 2.10 bits per heavy atom. The van der Waals surface area contributed by atoms with Gasteiger partial charge in [-0.1, -0.05) is 47.1 Å². The summed E-state index contributed by atoms with van der Waals surface area (Å²) in [5, 5.41) is 4.99. The Labute approximate surface area is 138 Å². The molecule has 0 unspecified atom stereocenters. The third-order valence-corrected chi connectivity index (χ3v) is 4.86. The van der Waals surface area contributed by atoms with Gasteiger partial charge < -0.3 is 5.32 Å². The zero-order valence-corrected chi connectivity index (χ0v) is 14.4. The lowest BCUT2D eigenvalue weighted by Crippen LogP contribution is -2.36.